The Kier molecular flexibility index (Phi) is 2.92. The molecule has 2 aliphatic rings. The highest BCUT2D eigenvalue weighted by Crippen LogP contribution is 2.60. The van der Waals surface area contributed by atoms with Crippen molar-refractivity contribution in [3.05, 3.63) is 0 Å². The summed E-state index contributed by atoms with van der Waals surface area (Å²) in [5.41, 5.74) is 0.718. The summed E-state index contributed by atoms with van der Waals surface area (Å²) in [5, 5.41) is 0. The molecule has 92 valence electrons. The molecule has 2 fully saturated rings. The second kappa shape index (κ2) is 3.85. The van der Waals surface area contributed by atoms with Crippen molar-refractivity contribution < 1.29 is 4.79 Å². The van der Waals surface area contributed by atoms with Crippen LogP contribution in [-0.2, 0) is 4.79 Å². The Morgan fingerprint density at radius 3 is 2.69 bits per heavy atom. The van der Waals surface area contributed by atoms with E-state index in [0.717, 1.165) is 25.2 Å². The Labute approximate surface area is 100.0 Å². The summed E-state index contributed by atoms with van der Waals surface area (Å²) in [4.78, 5) is 12.0. The lowest BCUT2D eigenvalue weighted by atomic mass is 9.58. The molecule has 0 saturated heterocycles. The zero-order valence-corrected chi connectivity index (χ0v) is 11.3. The summed E-state index contributed by atoms with van der Waals surface area (Å²) in [6.45, 7) is 9.47. The zero-order valence-electron chi connectivity index (χ0n) is 11.3. The molecular formula is C15H26O. The molecule has 1 unspecified atom stereocenters. The van der Waals surface area contributed by atoms with Crippen molar-refractivity contribution in [2.45, 2.75) is 66.2 Å². The van der Waals surface area contributed by atoms with Crippen molar-refractivity contribution >= 4 is 5.78 Å². The highest BCUT2D eigenvalue weighted by atomic mass is 16.1. The van der Waals surface area contributed by atoms with Crippen LogP contribution in [0.3, 0.4) is 0 Å². The van der Waals surface area contributed by atoms with E-state index in [4.69, 9.17) is 0 Å². The largest absolute Gasteiger partial charge is 0.299 e. The second-order valence-corrected chi connectivity index (χ2v) is 6.85. The molecule has 0 N–H and O–H groups in total. The average molecular weight is 222 g/mol. The molecule has 0 heterocycles. The van der Waals surface area contributed by atoms with Crippen molar-refractivity contribution in [2.75, 3.05) is 0 Å². The first-order chi connectivity index (χ1) is 7.42. The second-order valence-electron chi connectivity index (χ2n) is 6.85. The minimum atomic E-state index is 0.314. The minimum Gasteiger partial charge on any atom is -0.299 e. The SMILES string of the molecule is CCC(C)(C)C1CC[C@H]2C(=O)CCC[C@]12C. The van der Waals surface area contributed by atoms with E-state index in [1.807, 2.05) is 0 Å². The maximum Gasteiger partial charge on any atom is 0.136 e. The van der Waals surface area contributed by atoms with Gasteiger partial charge in [-0.2, -0.15) is 0 Å². The van der Waals surface area contributed by atoms with Gasteiger partial charge in [-0.05, 0) is 42.4 Å². The first kappa shape index (κ1) is 12.1. The summed E-state index contributed by atoms with van der Waals surface area (Å²) in [7, 11) is 0. The fraction of sp³-hybridized carbons (Fsp3) is 0.933. The van der Waals surface area contributed by atoms with Crippen molar-refractivity contribution in [3.8, 4) is 0 Å². The Morgan fingerprint density at radius 1 is 1.38 bits per heavy atom. The Morgan fingerprint density at radius 2 is 2.06 bits per heavy atom. The van der Waals surface area contributed by atoms with E-state index in [-0.39, 0.29) is 0 Å². The van der Waals surface area contributed by atoms with Gasteiger partial charge in [0.05, 0.1) is 0 Å². The molecule has 0 aromatic rings. The molecule has 2 saturated carbocycles. The third kappa shape index (κ3) is 1.63. The summed E-state index contributed by atoms with van der Waals surface area (Å²) in [6.07, 6.45) is 6.91. The lowest BCUT2D eigenvalue weighted by Crippen LogP contribution is -2.42. The van der Waals surface area contributed by atoms with Crippen LogP contribution in [0.15, 0.2) is 0 Å². The Balaban J connectivity index is 2.28. The predicted molar refractivity (Wildman–Crippen MR) is 67.3 cm³/mol. The van der Waals surface area contributed by atoms with Crippen molar-refractivity contribution in [3.63, 3.8) is 0 Å². The zero-order chi connectivity index (χ0) is 12.0. The number of carbonyl (C=O) groups is 1. The van der Waals surface area contributed by atoms with Crippen LogP contribution in [0.4, 0.5) is 0 Å². The third-order valence-corrected chi connectivity index (χ3v) is 5.72. The molecule has 0 spiro atoms. The number of hydrogen-bond acceptors (Lipinski definition) is 1. The smallest absolute Gasteiger partial charge is 0.136 e. The van der Waals surface area contributed by atoms with E-state index in [0.29, 0.717) is 22.5 Å². The van der Waals surface area contributed by atoms with Crippen LogP contribution in [0.5, 0.6) is 0 Å². The average Bonchev–Trinajstić information content (AvgIpc) is 2.57. The molecule has 1 nitrogen and oxygen atoms in total. The standard InChI is InChI=1S/C15H26O/c1-5-14(2,3)13-9-8-11-12(16)7-6-10-15(11,13)4/h11,13H,5-10H2,1-4H3/t11-,13?,15-/m0/s1. The summed E-state index contributed by atoms with van der Waals surface area (Å²) in [5.74, 6) is 1.69. The number of carbonyl (C=O) groups excluding carboxylic acids is 1. The number of ketones is 1. The van der Waals surface area contributed by atoms with Crippen LogP contribution < -0.4 is 0 Å². The van der Waals surface area contributed by atoms with Gasteiger partial charge in [-0.25, -0.2) is 0 Å². The summed E-state index contributed by atoms with van der Waals surface area (Å²) in [6, 6.07) is 0. The van der Waals surface area contributed by atoms with Crippen molar-refractivity contribution in [1.29, 1.82) is 0 Å². The molecule has 3 atom stereocenters. The molecular weight excluding hydrogens is 196 g/mol. The number of Topliss-reactive ketones (excluding diaryl/α,β-unsaturated/α-hetero) is 1. The van der Waals surface area contributed by atoms with Gasteiger partial charge in [0.25, 0.3) is 0 Å². The molecule has 1 heteroatoms. The molecule has 0 aliphatic heterocycles. The molecule has 0 amide bonds. The van der Waals surface area contributed by atoms with Gasteiger partial charge in [-0.15, -0.1) is 0 Å². The van der Waals surface area contributed by atoms with Gasteiger partial charge < -0.3 is 0 Å². The van der Waals surface area contributed by atoms with Gasteiger partial charge >= 0.3 is 0 Å². The predicted octanol–water partition coefficient (Wildman–Crippen LogP) is 4.21. The normalized spacial score (nSPS) is 39.9. The number of fused-ring (bicyclic) bond motifs is 1. The molecule has 16 heavy (non-hydrogen) atoms. The fourth-order valence-corrected chi connectivity index (χ4v) is 4.46. The van der Waals surface area contributed by atoms with E-state index < -0.39 is 0 Å². The molecule has 2 aliphatic carbocycles. The molecule has 0 aromatic heterocycles. The van der Waals surface area contributed by atoms with Crippen molar-refractivity contribution in [2.24, 2.45) is 22.7 Å². The number of rotatable bonds is 2. The molecule has 0 radical (unpaired) electrons. The van der Waals surface area contributed by atoms with Gasteiger partial charge in [0, 0.05) is 12.3 Å². The van der Waals surface area contributed by atoms with E-state index in [1.54, 1.807) is 0 Å². The molecule has 0 aromatic carbocycles. The minimum absolute atomic E-state index is 0.314. The van der Waals surface area contributed by atoms with E-state index in [1.165, 1.54) is 19.3 Å². The van der Waals surface area contributed by atoms with Crippen LogP contribution in [0.2, 0.25) is 0 Å². The van der Waals surface area contributed by atoms with Crippen molar-refractivity contribution in [1.82, 2.24) is 0 Å². The third-order valence-electron chi connectivity index (χ3n) is 5.72. The van der Waals surface area contributed by atoms with Gasteiger partial charge in [-0.1, -0.05) is 34.1 Å². The van der Waals surface area contributed by atoms with Crippen LogP contribution >= 0.6 is 0 Å². The van der Waals surface area contributed by atoms with Crippen LogP contribution in [0, 0.1) is 22.7 Å². The lowest BCUT2D eigenvalue weighted by Gasteiger charge is -2.46. The highest BCUT2D eigenvalue weighted by molar-refractivity contribution is 5.83. The highest BCUT2D eigenvalue weighted by Gasteiger charge is 2.54. The van der Waals surface area contributed by atoms with E-state index in [2.05, 4.69) is 27.7 Å². The monoisotopic (exact) mass is 222 g/mol. The Bertz CT molecular complexity index is 292. The maximum absolute atomic E-state index is 12.0. The first-order valence-electron chi connectivity index (χ1n) is 6.94. The van der Waals surface area contributed by atoms with Gasteiger partial charge in [-0.3, -0.25) is 4.79 Å². The summed E-state index contributed by atoms with van der Waals surface area (Å²) < 4.78 is 0. The lowest BCUT2D eigenvalue weighted by molar-refractivity contribution is -0.130. The topological polar surface area (TPSA) is 17.1 Å². The quantitative estimate of drug-likeness (QED) is 0.684. The van der Waals surface area contributed by atoms with Gasteiger partial charge in [0.2, 0.25) is 0 Å². The fourth-order valence-electron chi connectivity index (χ4n) is 4.46. The maximum atomic E-state index is 12.0. The molecule has 2 rings (SSSR count). The van der Waals surface area contributed by atoms with Crippen LogP contribution in [-0.4, -0.2) is 5.78 Å². The van der Waals surface area contributed by atoms with Crippen LogP contribution in [0.25, 0.3) is 0 Å². The van der Waals surface area contributed by atoms with Gasteiger partial charge in [0.1, 0.15) is 5.78 Å². The van der Waals surface area contributed by atoms with Gasteiger partial charge in [0.15, 0.2) is 0 Å². The molecule has 0 bridgehead atoms. The Hall–Kier alpha value is -0.330. The van der Waals surface area contributed by atoms with Crippen LogP contribution in [0.1, 0.15) is 66.2 Å². The van der Waals surface area contributed by atoms with E-state index in [9.17, 15) is 4.79 Å². The first-order valence-corrected chi connectivity index (χ1v) is 6.94. The van der Waals surface area contributed by atoms with E-state index >= 15 is 0 Å². The number of hydrogen-bond donors (Lipinski definition) is 0. The summed E-state index contributed by atoms with van der Waals surface area (Å²) >= 11 is 0.